The SMILES string of the molecule is O=C(CC12CC3CC(CC(O)(C3)C1)C2)NCc1cccc(C(F)(F)F)c1. The van der Waals surface area contributed by atoms with Gasteiger partial charge in [0.15, 0.2) is 0 Å². The lowest BCUT2D eigenvalue weighted by Gasteiger charge is -2.60. The Morgan fingerprint density at radius 3 is 2.50 bits per heavy atom. The first-order chi connectivity index (χ1) is 12.1. The summed E-state index contributed by atoms with van der Waals surface area (Å²) < 4.78 is 38.3. The summed E-state index contributed by atoms with van der Waals surface area (Å²) in [5.41, 5.74) is -0.993. The van der Waals surface area contributed by atoms with Crippen LogP contribution in [0.3, 0.4) is 0 Å². The van der Waals surface area contributed by atoms with E-state index in [9.17, 15) is 23.1 Å². The molecule has 26 heavy (non-hydrogen) atoms. The summed E-state index contributed by atoms with van der Waals surface area (Å²) in [6.45, 7) is 0.0932. The predicted molar refractivity (Wildman–Crippen MR) is 90.0 cm³/mol. The van der Waals surface area contributed by atoms with Crippen molar-refractivity contribution in [3.8, 4) is 0 Å². The summed E-state index contributed by atoms with van der Waals surface area (Å²) >= 11 is 0. The molecule has 5 rings (SSSR count). The second-order valence-corrected chi connectivity index (χ2v) is 8.84. The normalized spacial score (nSPS) is 35.5. The molecule has 0 radical (unpaired) electrons. The number of rotatable bonds is 4. The molecule has 4 aliphatic rings. The van der Waals surface area contributed by atoms with Gasteiger partial charge in [-0.2, -0.15) is 13.2 Å². The van der Waals surface area contributed by atoms with Crippen molar-refractivity contribution in [3.63, 3.8) is 0 Å². The smallest absolute Gasteiger partial charge is 0.390 e. The molecule has 2 N–H and O–H groups in total. The number of halogens is 3. The molecular weight excluding hydrogens is 343 g/mol. The molecule has 1 aromatic rings. The minimum atomic E-state index is -4.38. The van der Waals surface area contributed by atoms with Crippen LogP contribution < -0.4 is 5.32 Å². The Balaban J connectivity index is 1.38. The lowest BCUT2D eigenvalue weighted by Crippen LogP contribution is -2.56. The molecule has 4 aliphatic carbocycles. The zero-order valence-electron chi connectivity index (χ0n) is 14.6. The highest BCUT2D eigenvalue weighted by molar-refractivity contribution is 5.76. The first kappa shape index (κ1) is 17.8. The van der Waals surface area contributed by atoms with Gasteiger partial charge in [-0.05, 0) is 73.5 Å². The Hall–Kier alpha value is -1.56. The molecule has 2 unspecified atom stereocenters. The van der Waals surface area contributed by atoms with E-state index < -0.39 is 17.3 Å². The number of aliphatic hydroxyl groups is 1. The molecule has 3 nitrogen and oxygen atoms in total. The van der Waals surface area contributed by atoms with Crippen LogP contribution in [0, 0.1) is 17.3 Å². The highest BCUT2D eigenvalue weighted by atomic mass is 19.4. The fourth-order valence-electron chi connectivity index (χ4n) is 6.07. The summed E-state index contributed by atoms with van der Waals surface area (Å²) in [6, 6.07) is 5.05. The van der Waals surface area contributed by atoms with Crippen molar-refractivity contribution in [2.75, 3.05) is 0 Å². The van der Waals surface area contributed by atoms with E-state index in [4.69, 9.17) is 0 Å². The zero-order chi connectivity index (χ0) is 18.6. The van der Waals surface area contributed by atoms with Gasteiger partial charge in [0.2, 0.25) is 5.91 Å². The van der Waals surface area contributed by atoms with Gasteiger partial charge in [-0.1, -0.05) is 12.1 Å². The van der Waals surface area contributed by atoms with Crippen molar-refractivity contribution in [2.24, 2.45) is 17.3 Å². The van der Waals surface area contributed by atoms with Crippen molar-refractivity contribution in [2.45, 2.75) is 63.3 Å². The minimum Gasteiger partial charge on any atom is -0.390 e. The molecule has 0 saturated heterocycles. The van der Waals surface area contributed by atoms with Gasteiger partial charge in [0, 0.05) is 13.0 Å². The summed E-state index contributed by atoms with van der Waals surface area (Å²) in [6.07, 6.45) is 1.52. The molecule has 0 spiro atoms. The van der Waals surface area contributed by atoms with E-state index in [0.717, 1.165) is 44.2 Å². The van der Waals surface area contributed by atoms with E-state index in [1.54, 1.807) is 6.07 Å². The number of nitrogens with one attached hydrogen (secondary N) is 1. The average Bonchev–Trinajstić information content (AvgIpc) is 2.49. The third-order valence-corrected chi connectivity index (χ3v) is 6.43. The molecule has 142 valence electrons. The quantitative estimate of drug-likeness (QED) is 0.844. The molecule has 0 aromatic heterocycles. The van der Waals surface area contributed by atoms with Crippen LogP contribution in [0.25, 0.3) is 0 Å². The molecule has 1 aromatic carbocycles. The summed E-state index contributed by atoms with van der Waals surface area (Å²) in [7, 11) is 0. The van der Waals surface area contributed by atoms with E-state index in [1.165, 1.54) is 6.07 Å². The molecule has 2 atom stereocenters. The maximum absolute atomic E-state index is 12.8. The molecule has 0 heterocycles. The lowest BCUT2D eigenvalue weighted by atomic mass is 9.47. The van der Waals surface area contributed by atoms with Gasteiger partial charge >= 0.3 is 6.18 Å². The van der Waals surface area contributed by atoms with Gasteiger partial charge in [0.25, 0.3) is 0 Å². The molecule has 0 aliphatic heterocycles. The van der Waals surface area contributed by atoms with E-state index in [-0.39, 0.29) is 17.9 Å². The number of alkyl halides is 3. The van der Waals surface area contributed by atoms with Crippen LogP contribution in [0.2, 0.25) is 0 Å². The fraction of sp³-hybridized carbons (Fsp3) is 0.650. The Morgan fingerprint density at radius 2 is 1.88 bits per heavy atom. The monoisotopic (exact) mass is 367 g/mol. The van der Waals surface area contributed by atoms with Gasteiger partial charge in [0.05, 0.1) is 11.2 Å². The molecule has 1 amide bonds. The van der Waals surface area contributed by atoms with Gasteiger partial charge in [-0.3, -0.25) is 4.79 Å². The Morgan fingerprint density at radius 1 is 1.19 bits per heavy atom. The number of amides is 1. The minimum absolute atomic E-state index is 0.0932. The Labute approximate surface area is 151 Å². The molecule has 6 heteroatoms. The summed E-state index contributed by atoms with van der Waals surface area (Å²) in [5.74, 6) is 0.892. The first-order valence-corrected chi connectivity index (χ1v) is 9.30. The van der Waals surface area contributed by atoms with Crippen LogP contribution in [0.4, 0.5) is 13.2 Å². The number of hydrogen-bond acceptors (Lipinski definition) is 2. The summed E-state index contributed by atoms with van der Waals surface area (Å²) in [4.78, 5) is 12.5. The summed E-state index contributed by atoms with van der Waals surface area (Å²) in [5, 5.41) is 13.5. The zero-order valence-corrected chi connectivity index (χ0v) is 14.6. The first-order valence-electron chi connectivity index (χ1n) is 9.30. The van der Waals surface area contributed by atoms with Crippen molar-refractivity contribution < 1.29 is 23.1 Å². The second kappa shape index (κ2) is 5.98. The number of carbonyl (C=O) groups excluding carboxylic acids is 1. The van der Waals surface area contributed by atoms with E-state index in [1.807, 2.05) is 0 Å². The van der Waals surface area contributed by atoms with Crippen LogP contribution >= 0.6 is 0 Å². The average molecular weight is 367 g/mol. The van der Waals surface area contributed by atoms with Gasteiger partial charge in [0.1, 0.15) is 0 Å². The molecular formula is C20H24F3NO2. The molecule has 4 fully saturated rings. The molecule has 4 bridgehead atoms. The van der Waals surface area contributed by atoms with Gasteiger partial charge < -0.3 is 10.4 Å². The topological polar surface area (TPSA) is 49.3 Å². The van der Waals surface area contributed by atoms with Crippen molar-refractivity contribution in [3.05, 3.63) is 35.4 Å². The number of benzene rings is 1. The van der Waals surface area contributed by atoms with Crippen LogP contribution in [-0.4, -0.2) is 16.6 Å². The maximum Gasteiger partial charge on any atom is 0.416 e. The Kier molecular flexibility index (Phi) is 4.10. The van der Waals surface area contributed by atoms with Crippen molar-refractivity contribution in [1.82, 2.24) is 5.32 Å². The van der Waals surface area contributed by atoms with Crippen LogP contribution in [-0.2, 0) is 17.5 Å². The van der Waals surface area contributed by atoms with Crippen LogP contribution in [0.15, 0.2) is 24.3 Å². The van der Waals surface area contributed by atoms with Crippen molar-refractivity contribution in [1.29, 1.82) is 0 Å². The van der Waals surface area contributed by atoms with Crippen LogP contribution in [0.5, 0.6) is 0 Å². The van der Waals surface area contributed by atoms with Crippen LogP contribution in [0.1, 0.15) is 56.1 Å². The highest BCUT2D eigenvalue weighted by Crippen LogP contribution is 2.62. The fourth-order valence-corrected chi connectivity index (χ4v) is 6.07. The standard InChI is InChI=1S/C20H24F3NO2/c21-20(22,23)16-3-1-2-13(5-16)11-24-17(25)10-18-6-14-4-15(7-18)9-19(26,8-14)12-18/h1-3,5,14-15,26H,4,6-12H2,(H,24,25). The van der Waals surface area contributed by atoms with E-state index in [2.05, 4.69) is 5.32 Å². The third kappa shape index (κ3) is 3.48. The van der Waals surface area contributed by atoms with Crippen molar-refractivity contribution >= 4 is 5.91 Å². The van der Waals surface area contributed by atoms with E-state index in [0.29, 0.717) is 30.2 Å². The molecule has 4 saturated carbocycles. The van der Waals surface area contributed by atoms with Gasteiger partial charge in [-0.25, -0.2) is 0 Å². The largest absolute Gasteiger partial charge is 0.416 e. The Bertz CT molecular complexity index is 701. The van der Waals surface area contributed by atoms with E-state index >= 15 is 0 Å². The number of carbonyl (C=O) groups is 1. The number of hydrogen-bond donors (Lipinski definition) is 2. The predicted octanol–water partition coefficient (Wildman–Crippen LogP) is 4.04. The second-order valence-electron chi connectivity index (χ2n) is 8.84. The highest BCUT2D eigenvalue weighted by Gasteiger charge is 2.57. The van der Waals surface area contributed by atoms with Gasteiger partial charge in [-0.15, -0.1) is 0 Å². The lowest BCUT2D eigenvalue weighted by molar-refractivity contribution is -0.169. The third-order valence-electron chi connectivity index (χ3n) is 6.43. The maximum atomic E-state index is 12.8.